The van der Waals surface area contributed by atoms with Gasteiger partial charge in [-0.1, -0.05) is 24.3 Å². The van der Waals surface area contributed by atoms with Crippen LogP contribution in [0.4, 0.5) is 19.0 Å². The highest BCUT2D eigenvalue weighted by Crippen LogP contribution is 2.40. The van der Waals surface area contributed by atoms with Gasteiger partial charge < -0.3 is 24.3 Å². The van der Waals surface area contributed by atoms with E-state index in [1.165, 1.54) is 6.07 Å². The SMILES string of the molecule is CC1(C)OC[C@H](CNc2nnc(-c3ccc(C(F)(F)F)cc3OC3CCCCO3)c3ccccc23)O1. The zero-order valence-electron chi connectivity index (χ0n) is 20.1. The third-order valence-corrected chi connectivity index (χ3v) is 6.21. The Labute approximate surface area is 206 Å². The largest absolute Gasteiger partial charge is 0.464 e. The highest BCUT2D eigenvalue weighted by atomic mass is 19.4. The van der Waals surface area contributed by atoms with Gasteiger partial charge in [0.15, 0.2) is 17.9 Å². The number of nitrogens with one attached hydrogen (secondary N) is 1. The minimum Gasteiger partial charge on any atom is -0.464 e. The number of benzene rings is 2. The molecule has 3 heterocycles. The maximum absolute atomic E-state index is 13.5. The Hall–Kier alpha value is -2.95. The van der Waals surface area contributed by atoms with Crippen molar-refractivity contribution >= 4 is 16.6 Å². The van der Waals surface area contributed by atoms with Crippen LogP contribution in [0.25, 0.3) is 22.0 Å². The van der Waals surface area contributed by atoms with Gasteiger partial charge >= 0.3 is 6.18 Å². The Bertz CT molecular complexity index is 1230. The summed E-state index contributed by atoms with van der Waals surface area (Å²) in [6.45, 7) is 5.15. The van der Waals surface area contributed by atoms with Crippen LogP contribution in [0, 0.1) is 0 Å². The first kappa shape index (κ1) is 24.7. The number of halogens is 3. The van der Waals surface area contributed by atoms with Crippen LogP contribution in [0.3, 0.4) is 0 Å². The molecule has 7 nitrogen and oxygen atoms in total. The Morgan fingerprint density at radius 2 is 1.89 bits per heavy atom. The molecular formula is C26H28F3N3O4. The number of ether oxygens (including phenoxy) is 4. The number of fused-ring (bicyclic) bond motifs is 1. The molecule has 3 aromatic rings. The zero-order valence-corrected chi connectivity index (χ0v) is 20.1. The van der Waals surface area contributed by atoms with Crippen LogP contribution in [0.5, 0.6) is 5.75 Å². The first-order valence-electron chi connectivity index (χ1n) is 12.0. The minimum atomic E-state index is -4.51. The molecule has 5 rings (SSSR count). The lowest BCUT2D eigenvalue weighted by Gasteiger charge is -2.25. The lowest BCUT2D eigenvalue weighted by Crippen LogP contribution is -2.26. The van der Waals surface area contributed by atoms with Crippen molar-refractivity contribution in [1.82, 2.24) is 10.2 Å². The number of aromatic nitrogens is 2. The monoisotopic (exact) mass is 503 g/mol. The van der Waals surface area contributed by atoms with E-state index in [9.17, 15) is 13.2 Å². The van der Waals surface area contributed by atoms with Gasteiger partial charge in [0, 0.05) is 29.3 Å². The van der Waals surface area contributed by atoms with E-state index in [1.807, 2.05) is 38.1 Å². The molecule has 0 saturated carbocycles. The van der Waals surface area contributed by atoms with Crippen LogP contribution in [0.15, 0.2) is 42.5 Å². The van der Waals surface area contributed by atoms with Crippen molar-refractivity contribution in [2.45, 2.75) is 57.5 Å². The molecule has 2 atom stereocenters. The van der Waals surface area contributed by atoms with Gasteiger partial charge in [-0.05, 0) is 44.9 Å². The van der Waals surface area contributed by atoms with Crippen molar-refractivity contribution in [1.29, 1.82) is 0 Å². The molecular weight excluding hydrogens is 475 g/mol. The molecule has 2 aliphatic heterocycles. The van der Waals surface area contributed by atoms with Gasteiger partial charge in [-0.15, -0.1) is 10.2 Å². The third kappa shape index (κ3) is 5.40. The molecule has 0 amide bonds. The third-order valence-electron chi connectivity index (χ3n) is 6.21. The Morgan fingerprint density at radius 1 is 1.08 bits per heavy atom. The number of hydrogen-bond donors (Lipinski definition) is 1. The van der Waals surface area contributed by atoms with Crippen LogP contribution in [-0.4, -0.2) is 48.1 Å². The molecule has 1 unspecified atom stereocenters. The second-order valence-corrected chi connectivity index (χ2v) is 9.40. The molecule has 0 spiro atoms. The number of rotatable bonds is 6. The van der Waals surface area contributed by atoms with E-state index < -0.39 is 23.8 Å². The van der Waals surface area contributed by atoms with Gasteiger partial charge in [-0.2, -0.15) is 13.2 Å². The maximum atomic E-state index is 13.5. The van der Waals surface area contributed by atoms with Crippen LogP contribution in [0.1, 0.15) is 38.7 Å². The lowest BCUT2D eigenvalue weighted by molar-refractivity contribution is -0.138. The maximum Gasteiger partial charge on any atom is 0.416 e. The topological polar surface area (TPSA) is 74.7 Å². The molecule has 2 saturated heterocycles. The second kappa shape index (κ2) is 9.84. The highest BCUT2D eigenvalue weighted by molar-refractivity contribution is 6.00. The van der Waals surface area contributed by atoms with Gasteiger partial charge in [-0.3, -0.25) is 0 Å². The predicted molar refractivity (Wildman–Crippen MR) is 128 cm³/mol. The van der Waals surface area contributed by atoms with Crippen LogP contribution in [-0.2, 0) is 20.4 Å². The summed E-state index contributed by atoms with van der Waals surface area (Å²) < 4.78 is 63.6. The summed E-state index contributed by atoms with van der Waals surface area (Å²) in [6, 6.07) is 10.9. The highest BCUT2D eigenvalue weighted by Gasteiger charge is 2.33. The predicted octanol–water partition coefficient (Wildman–Crippen LogP) is 5.78. The van der Waals surface area contributed by atoms with E-state index in [2.05, 4.69) is 15.5 Å². The van der Waals surface area contributed by atoms with Crippen molar-refractivity contribution in [2.75, 3.05) is 25.1 Å². The Balaban J connectivity index is 1.50. The average Bonchev–Trinajstić information content (AvgIpc) is 3.21. The van der Waals surface area contributed by atoms with Gasteiger partial charge in [0.1, 0.15) is 17.5 Å². The van der Waals surface area contributed by atoms with E-state index in [4.69, 9.17) is 18.9 Å². The van der Waals surface area contributed by atoms with E-state index in [0.717, 1.165) is 35.7 Å². The van der Waals surface area contributed by atoms with Gasteiger partial charge in [0.05, 0.1) is 18.8 Å². The molecule has 192 valence electrons. The fourth-order valence-corrected chi connectivity index (χ4v) is 4.45. The van der Waals surface area contributed by atoms with Crippen molar-refractivity contribution in [3.05, 3.63) is 48.0 Å². The summed E-state index contributed by atoms with van der Waals surface area (Å²) in [7, 11) is 0. The van der Waals surface area contributed by atoms with E-state index in [1.54, 1.807) is 0 Å². The second-order valence-electron chi connectivity index (χ2n) is 9.40. The first-order chi connectivity index (χ1) is 17.2. The molecule has 2 fully saturated rings. The molecule has 1 aromatic heterocycles. The minimum absolute atomic E-state index is 0.0654. The van der Waals surface area contributed by atoms with Crippen LogP contribution < -0.4 is 10.1 Å². The van der Waals surface area contributed by atoms with E-state index in [-0.39, 0.29) is 11.9 Å². The zero-order chi connectivity index (χ0) is 25.3. The van der Waals surface area contributed by atoms with Gasteiger partial charge in [0.2, 0.25) is 0 Å². The summed E-state index contributed by atoms with van der Waals surface area (Å²) in [5, 5.41) is 13.6. The fraction of sp³-hybridized carbons (Fsp3) is 0.462. The summed E-state index contributed by atoms with van der Waals surface area (Å²) in [5.74, 6) is -0.0198. The Kier molecular flexibility index (Phi) is 6.76. The number of anilines is 1. The standard InChI is InChI=1S/C26H28F3N3O4/c1-25(2)34-15-17(36-25)14-30-24-19-8-4-3-7-18(19)23(31-32-24)20-11-10-16(26(27,28)29)13-21(20)35-22-9-5-6-12-33-22/h3-4,7-8,10-11,13,17,22H,5-6,9,12,14-15H2,1-2H3,(H,30,32)/t17-,22?/m0/s1. The van der Waals surface area contributed by atoms with Crippen molar-refractivity contribution in [3.8, 4) is 17.0 Å². The molecule has 0 aliphatic carbocycles. The first-order valence-corrected chi connectivity index (χ1v) is 12.0. The lowest BCUT2D eigenvalue weighted by atomic mass is 10.0. The van der Waals surface area contributed by atoms with E-state index in [0.29, 0.717) is 43.3 Å². The van der Waals surface area contributed by atoms with Gasteiger partial charge in [-0.25, -0.2) is 0 Å². The smallest absolute Gasteiger partial charge is 0.416 e. The quantitative estimate of drug-likeness (QED) is 0.457. The average molecular weight is 504 g/mol. The molecule has 10 heteroatoms. The van der Waals surface area contributed by atoms with Crippen molar-refractivity contribution < 1.29 is 32.1 Å². The van der Waals surface area contributed by atoms with Crippen molar-refractivity contribution in [2.24, 2.45) is 0 Å². The summed E-state index contributed by atoms with van der Waals surface area (Å²) >= 11 is 0. The fourth-order valence-electron chi connectivity index (χ4n) is 4.45. The molecule has 36 heavy (non-hydrogen) atoms. The van der Waals surface area contributed by atoms with Crippen LogP contribution >= 0.6 is 0 Å². The molecule has 1 N–H and O–H groups in total. The summed E-state index contributed by atoms with van der Waals surface area (Å²) in [5.41, 5.74) is 0.0493. The van der Waals surface area contributed by atoms with E-state index >= 15 is 0 Å². The number of nitrogens with zero attached hydrogens (tertiary/aromatic N) is 2. The molecule has 2 aliphatic rings. The molecule has 0 bridgehead atoms. The normalized spacial score (nSPS) is 22.0. The Morgan fingerprint density at radius 3 is 2.58 bits per heavy atom. The molecule has 2 aromatic carbocycles. The summed E-state index contributed by atoms with van der Waals surface area (Å²) in [4.78, 5) is 0. The van der Waals surface area contributed by atoms with Crippen molar-refractivity contribution in [3.63, 3.8) is 0 Å². The summed E-state index contributed by atoms with van der Waals surface area (Å²) in [6.07, 6.45) is -2.88. The molecule has 0 radical (unpaired) electrons. The number of alkyl halides is 3. The van der Waals surface area contributed by atoms with Gasteiger partial charge in [0.25, 0.3) is 0 Å². The number of hydrogen-bond acceptors (Lipinski definition) is 7. The van der Waals surface area contributed by atoms with Crippen LogP contribution in [0.2, 0.25) is 0 Å².